The number of methoxy groups -OCH3 is 1. The number of nitrogens with one attached hydrogen (secondary N) is 1. The summed E-state index contributed by atoms with van der Waals surface area (Å²) in [4.78, 5) is 11.0. The van der Waals surface area contributed by atoms with Gasteiger partial charge in [-0.05, 0) is 14.0 Å². The topological polar surface area (TPSA) is 40.6 Å². The van der Waals surface area contributed by atoms with Gasteiger partial charge < -0.3 is 19.9 Å². The van der Waals surface area contributed by atoms with Gasteiger partial charge in [0, 0.05) is 50.2 Å². The fourth-order valence-corrected chi connectivity index (χ4v) is 3.74. The Bertz CT molecular complexity index is 449. The van der Waals surface area contributed by atoms with Crippen molar-refractivity contribution in [3.05, 3.63) is 10.6 Å². The van der Waals surface area contributed by atoms with E-state index in [1.54, 1.807) is 18.4 Å². The summed E-state index contributed by atoms with van der Waals surface area (Å²) in [5.41, 5.74) is 1.08. The molecule has 1 aliphatic heterocycles. The van der Waals surface area contributed by atoms with Crippen LogP contribution in [0.2, 0.25) is 0 Å². The average Bonchev–Trinajstić information content (AvgIpc) is 2.80. The van der Waals surface area contributed by atoms with Crippen LogP contribution >= 0.6 is 11.3 Å². The quantitative estimate of drug-likeness (QED) is 0.869. The first-order chi connectivity index (χ1) is 10.0. The molecular weight excluding hydrogens is 284 g/mol. The summed E-state index contributed by atoms with van der Waals surface area (Å²) in [7, 11) is 3.92. The molecule has 1 saturated heterocycles. The summed E-state index contributed by atoms with van der Waals surface area (Å²) in [5, 5.41) is 4.63. The van der Waals surface area contributed by atoms with Crippen LogP contribution in [-0.4, -0.2) is 55.8 Å². The second kappa shape index (κ2) is 7.54. The molecule has 0 amide bonds. The minimum Gasteiger partial charge on any atom is -0.378 e. The number of piperazine rings is 1. The lowest BCUT2D eigenvalue weighted by molar-refractivity contribution is 0.181. The van der Waals surface area contributed by atoms with Crippen molar-refractivity contribution in [1.82, 2.24) is 15.2 Å². The van der Waals surface area contributed by atoms with E-state index in [-0.39, 0.29) is 0 Å². The number of hydrogen-bond acceptors (Lipinski definition) is 6. The fraction of sp³-hybridized carbons (Fsp3) is 0.800. The molecule has 1 unspecified atom stereocenters. The van der Waals surface area contributed by atoms with Gasteiger partial charge in [0.2, 0.25) is 0 Å². The third-order valence-corrected chi connectivity index (χ3v) is 4.93. The van der Waals surface area contributed by atoms with Gasteiger partial charge in [0.05, 0.1) is 12.3 Å². The minimum atomic E-state index is 0.480. The summed E-state index contributed by atoms with van der Waals surface area (Å²) >= 11 is 1.81. The largest absolute Gasteiger partial charge is 0.378 e. The van der Waals surface area contributed by atoms with Crippen LogP contribution in [0.5, 0.6) is 0 Å². The van der Waals surface area contributed by atoms with Crippen molar-refractivity contribution >= 4 is 16.5 Å². The highest BCUT2D eigenvalue weighted by Crippen LogP contribution is 2.29. The van der Waals surface area contributed by atoms with Gasteiger partial charge in [-0.25, -0.2) is 4.98 Å². The zero-order chi connectivity index (χ0) is 15.4. The average molecular weight is 312 g/mol. The lowest BCUT2D eigenvalue weighted by atomic mass is 10.2. The van der Waals surface area contributed by atoms with E-state index >= 15 is 0 Å². The fourth-order valence-electron chi connectivity index (χ4n) is 2.60. The van der Waals surface area contributed by atoms with Crippen LogP contribution in [-0.2, 0) is 17.9 Å². The highest BCUT2D eigenvalue weighted by Gasteiger charge is 2.25. The number of likely N-dealkylation sites (N-methyl/N-ethyl adjacent to an activating group) is 1. The van der Waals surface area contributed by atoms with Gasteiger partial charge in [0.25, 0.3) is 0 Å². The molecule has 1 aromatic rings. The summed E-state index contributed by atoms with van der Waals surface area (Å²) < 4.78 is 5.31. The molecule has 1 fully saturated rings. The van der Waals surface area contributed by atoms with E-state index < -0.39 is 0 Å². The number of hydrogen-bond donors (Lipinski definition) is 1. The van der Waals surface area contributed by atoms with Crippen molar-refractivity contribution in [1.29, 1.82) is 0 Å². The van der Waals surface area contributed by atoms with E-state index in [9.17, 15) is 0 Å². The maximum Gasteiger partial charge on any atom is 0.186 e. The van der Waals surface area contributed by atoms with Crippen LogP contribution < -0.4 is 10.2 Å². The second-order valence-corrected chi connectivity index (χ2v) is 7.20. The normalized spacial score (nSPS) is 20.5. The van der Waals surface area contributed by atoms with Crippen LogP contribution in [0.4, 0.5) is 5.13 Å². The first-order valence-electron chi connectivity index (χ1n) is 7.67. The van der Waals surface area contributed by atoms with Gasteiger partial charge in [-0.1, -0.05) is 13.8 Å². The number of nitrogens with zero attached hydrogens (tertiary/aromatic N) is 3. The smallest absolute Gasteiger partial charge is 0.186 e. The van der Waals surface area contributed by atoms with Crippen molar-refractivity contribution < 1.29 is 4.74 Å². The Hall–Kier alpha value is -0.690. The van der Waals surface area contributed by atoms with E-state index in [0.717, 1.165) is 37.0 Å². The monoisotopic (exact) mass is 312 g/mol. The SMILES string of the molecule is COCc1nc(N2CCN(C)CC2C)sc1CNC(C)C. The van der Waals surface area contributed by atoms with Gasteiger partial charge in [0.1, 0.15) is 0 Å². The third kappa shape index (κ3) is 4.39. The van der Waals surface area contributed by atoms with Gasteiger partial charge in [0.15, 0.2) is 5.13 Å². The van der Waals surface area contributed by atoms with E-state index in [0.29, 0.717) is 18.7 Å². The van der Waals surface area contributed by atoms with Crippen molar-refractivity contribution in [2.75, 3.05) is 38.7 Å². The summed E-state index contributed by atoms with van der Waals surface area (Å²) in [6, 6.07) is 0.990. The molecule has 2 heterocycles. The van der Waals surface area contributed by atoms with Crippen LogP contribution in [0, 0.1) is 0 Å². The molecule has 1 aliphatic rings. The summed E-state index contributed by atoms with van der Waals surface area (Å²) in [6.07, 6.45) is 0. The first-order valence-corrected chi connectivity index (χ1v) is 8.49. The highest BCUT2D eigenvalue weighted by atomic mass is 32.1. The predicted octanol–water partition coefficient (Wildman–Crippen LogP) is 1.93. The Morgan fingerprint density at radius 3 is 2.81 bits per heavy atom. The summed E-state index contributed by atoms with van der Waals surface area (Å²) in [5.74, 6) is 0. The van der Waals surface area contributed by atoms with E-state index in [1.807, 2.05) is 0 Å². The van der Waals surface area contributed by atoms with Crippen LogP contribution in [0.25, 0.3) is 0 Å². The molecule has 1 aromatic heterocycles. The lowest BCUT2D eigenvalue weighted by Crippen LogP contribution is -2.50. The van der Waals surface area contributed by atoms with Crippen LogP contribution in [0.3, 0.4) is 0 Å². The molecule has 5 nitrogen and oxygen atoms in total. The molecule has 0 radical (unpaired) electrons. The molecule has 2 rings (SSSR count). The Labute approximate surface area is 132 Å². The Balaban J connectivity index is 2.14. The molecule has 0 aromatic carbocycles. The highest BCUT2D eigenvalue weighted by molar-refractivity contribution is 7.15. The second-order valence-electron chi connectivity index (χ2n) is 6.14. The number of ether oxygens (including phenoxy) is 1. The molecule has 120 valence electrons. The molecule has 0 saturated carbocycles. The molecule has 21 heavy (non-hydrogen) atoms. The number of aromatic nitrogens is 1. The molecular formula is C15H28N4OS. The standard InChI is InChI=1S/C15H28N4OS/c1-11(2)16-8-14-13(10-20-5)17-15(21-14)19-7-6-18(4)9-12(19)3/h11-12,16H,6-10H2,1-5H3. The van der Waals surface area contributed by atoms with Crippen molar-refractivity contribution in [3.8, 4) is 0 Å². The van der Waals surface area contributed by atoms with Gasteiger partial charge >= 0.3 is 0 Å². The van der Waals surface area contributed by atoms with Crippen molar-refractivity contribution in [2.45, 2.75) is 46.0 Å². The van der Waals surface area contributed by atoms with E-state index in [1.165, 1.54) is 4.88 Å². The Morgan fingerprint density at radius 1 is 1.43 bits per heavy atom. The van der Waals surface area contributed by atoms with E-state index in [2.05, 4.69) is 42.9 Å². The molecule has 1 atom stereocenters. The zero-order valence-electron chi connectivity index (χ0n) is 13.8. The first kappa shape index (κ1) is 16.7. The lowest BCUT2D eigenvalue weighted by Gasteiger charge is -2.38. The maximum atomic E-state index is 5.31. The molecule has 0 aliphatic carbocycles. The molecule has 0 spiro atoms. The van der Waals surface area contributed by atoms with Crippen LogP contribution in [0.15, 0.2) is 0 Å². The Kier molecular flexibility index (Phi) is 5.98. The maximum absolute atomic E-state index is 5.31. The Morgan fingerprint density at radius 2 is 2.19 bits per heavy atom. The van der Waals surface area contributed by atoms with Gasteiger partial charge in [-0.15, -0.1) is 11.3 Å². The van der Waals surface area contributed by atoms with Crippen LogP contribution in [0.1, 0.15) is 31.3 Å². The van der Waals surface area contributed by atoms with Crippen molar-refractivity contribution in [3.63, 3.8) is 0 Å². The molecule has 1 N–H and O–H groups in total. The van der Waals surface area contributed by atoms with Crippen molar-refractivity contribution in [2.24, 2.45) is 0 Å². The third-order valence-electron chi connectivity index (χ3n) is 3.80. The van der Waals surface area contributed by atoms with Gasteiger partial charge in [-0.3, -0.25) is 0 Å². The summed E-state index contributed by atoms with van der Waals surface area (Å²) in [6.45, 7) is 11.3. The van der Waals surface area contributed by atoms with Gasteiger partial charge in [-0.2, -0.15) is 0 Å². The number of anilines is 1. The minimum absolute atomic E-state index is 0.480. The zero-order valence-corrected chi connectivity index (χ0v) is 14.7. The number of thiazole rings is 1. The number of rotatable bonds is 6. The molecule has 0 bridgehead atoms. The molecule has 6 heteroatoms. The predicted molar refractivity (Wildman–Crippen MR) is 89.1 cm³/mol. The van der Waals surface area contributed by atoms with E-state index in [4.69, 9.17) is 9.72 Å².